The van der Waals surface area contributed by atoms with Gasteiger partial charge < -0.3 is 0 Å². The molecule has 20 heavy (non-hydrogen) atoms. The van der Waals surface area contributed by atoms with E-state index < -0.39 is 23.2 Å². The first-order valence-electron chi connectivity index (χ1n) is 5.89. The molecule has 0 bridgehead atoms. The van der Waals surface area contributed by atoms with Gasteiger partial charge in [-0.15, -0.1) is 0 Å². The molecule has 0 unspecified atom stereocenters. The monoisotopic (exact) mass is 298 g/mol. The van der Waals surface area contributed by atoms with Crippen molar-refractivity contribution in [1.29, 1.82) is 0 Å². The van der Waals surface area contributed by atoms with Crippen molar-refractivity contribution in [3.8, 4) is 0 Å². The SMILES string of the molecule is O=C(CCc1cccc(Cl)c1)c1cc(F)c(F)c(F)c1. The zero-order valence-corrected chi connectivity index (χ0v) is 11.1. The lowest BCUT2D eigenvalue weighted by Gasteiger charge is -2.04. The maximum atomic E-state index is 13.0. The highest BCUT2D eigenvalue weighted by molar-refractivity contribution is 6.30. The van der Waals surface area contributed by atoms with Gasteiger partial charge in [-0.3, -0.25) is 4.79 Å². The number of halogens is 4. The normalized spacial score (nSPS) is 10.6. The molecule has 0 spiro atoms. The number of rotatable bonds is 4. The third kappa shape index (κ3) is 3.39. The predicted molar refractivity (Wildman–Crippen MR) is 70.4 cm³/mol. The number of benzene rings is 2. The second kappa shape index (κ2) is 6.09. The van der Waals surface area contributed by atoms with Gasteiger partial charge in [0.2, 0.25) is 0 Å². The number of hydrogen-bond donors (Lipinski definition) is 0. The second-order valence-electron chi connectivity index (χ2n) is 4.31. The van der Waals surface area contributed by atoms with Crippen LogP contribution in [0.2, 0.25) is 5.02 Å². The van der Waals surface area contributed by atoms with Crippen molar-refractivity contribution in [2.75, 3.05) is 0 Å². The molecule has 0 saturated heterocycles. The van der Waals surface area contributed by atoms with Crippen molar-refractivity contribution < 1.29 is 18.0 Å². The van der Waals surface area contributed by atoms with Crippen molar-refractivity contribution in [3.63, 3.8) is 0 Å². The predicted octanol–water partition coefficient (Wildman–Crippen LogP) is 4.57. The summed E-state index contributed by atoms with van der Waals surface area (Å²) in [6.45, 7) is 0. The fraction of sp³-hybridized carbons (Fsp3) is 0.133. The Balaban J connectivity index is 2.09. The third-order valence-electron chi connectivity index (χ3n) is 2.84. The maximum absolute atomic E-state index is 13.0. The first-order chi connectivity index (χ1) is 9.47. The Morgan fingerprint density at radius 2 is 1.70 bits per heavy atom. The molecule has 0 atom stereocenters. The van der Waals surface area contributed by atoms with E-state index in [4.69, 9.17) is 11.6 Å². The Morgan fingerprint density at radius 1 is 1.05 bits per heavy atom. The molecule has 0 aliphatic rings. The summed E-state index contributed by atoms with van der Waals surface area (Å²) in [6, 6.07) is 8.38. The second-order valence-corrected chi connectivity index (χ2v) is 4.74. The summed E-state index contributed by atoms with van der Waals surface area (Å²) < 4.78 is 38.9. The van der Waals surface area contributed by atoms with E-state index >= 15 is 0 Å². The first-order valence-corrected chi connectivity index (χ1v) is 6.27. The first kappa shape index (κ1) is 14.6. The van der Waals surface area contributed by atoms with Crippen LogP contribution in [0.25, 0.3) is 0 Å². The highest BCUT2D eigenvalue weighted by Gasteiger charge is 2.15. The molecule has 104 valence electrons. The summed E-state index contributed by atoms with van der Waals surface area (Å²) in [4.78, 5) is 11.8. The number of carbonyl (C=O) groups excluding carboxylic acids is 1. The molecule has 2 aromatic carbocycles. The van der Waals surface area contributed by atoms with Gasteiger partial charge in [0, 0.05) is 17.0 Å². The van der Waals surface area contributed by atoms with Crippen LogP contribution >= 0.6 is 11.6 Å². The van der Waals surface area contributed by atoms with E-state index in [2.05, 4.69) is 0 Å². The van der Waals surface area contributed by atoms with Crippen LogP contribution in [0.3, 0.4) is 0 Å². The maximum Gasteiger partial charge on any atom is 0.194 e. The van der Waals surface area contributed by atoms with Crippen LogP contribution in [0.4, 0.5) is 13.2 Å². The van der Waals surface area contributed by atoms with E-state index in [0.717, 1.165) is 5.56 Å². The van der Waals surface area contributed by atoms with E-state index in [1.54, 1.807) is 24.3 Å². The minimum absolute atomic E-state index is 0.0604. The zero-order chi connectivity index (χ0) is 14.7. The van der Waals surface area contributed by atoms with Crippen LogP contribution < -0.4 is 0 Å². The summed E-state index contributed by atoms with van der Waals surface area (Å²) in [5.41, 5.74) is 0.664. The summed E-state index contributed by atoms with van der Waals surface area (Å²) >= 11 is 5.81. The molecular formula is C15H10ClF3O. The lowest BCUT2D eigenvalue weighted by atomic mass is 10.0. The molecule has 0 saturated carbocycles. The van der Waals surface area contributed by atoms with Gasteiger partial charge in [-0.1, -0.05) is 23.7 Å². The van der Waals surface area contributed by atoms with Crippen LogP contribution in [-0.2, 0) is 6.42 Å². The minimum atomic E-state index is -1.57. The van der Waals surface area contributed by atoms with Crippen LogP contribution in [0.1, 0.15) is 22.3 Å². The molecule has 5 heteroatoms. The van der Waals surface area contributed by atoms with Gasteiger partial charge in [0.25, 0.3) is 0 Å². The van der Waals surface area contributed by atoms with Crippen LogP contribution in [0.5, 0.6) is 0 Å². The Hall–Kier alpha value is -1.81. The van der Waals surface area contributed by atoms with Crippen molar-refractivity contribution in [1.82, 2.24) is 0 Å². The molecule has 0 aromatic heterocycles. The molecule has 2 rings (SSSR count). The van der Waals surface area contributed by atoms with E-state index in [0.29, 0.717) is 23.6 Å². The van der Waals surface area contributed by atoms with E-state index in [1.165, 1.54) is 0 Å². The number of hydrogen-bond acceptors (Lipinski definition) is 1. The van der Waals surface area contributed by atoms with Gasteiger partial charge in [0.15, 0.2) is 23.2 Å². The van der Waals surface area contributed by atoms with Gasteiger partial charge in [-0.05, 0) is 36.2 Å². The summed E-state index contributed by atoms with van der Waals surface area (Å²) in [6.07, 6.45) is 0.449. The average molecular weight is 299 g/mol. The van der Waals surface area contributed by atoms with Crippen molar-refractivity contribution in [3.05, 3.63) is 70.0 Å². The Labute approximate surface area is 119 Å². The highest BCUT2D eigenvalue weighted by Crippen LogP contribution is 2.17. The largest absolute Gasteiger partial charge is 0.294 e. The Kier molecular flexibility index (Phi) is 4.45. The molecule has 2 aromatic rings. The minimum Gasteiger partial charge on any atom is -0.294 e. The number of aryl methyl sites for hydroxylation is 1. The average Bonchev–Trinajstić information content (AvgIpc) is 2.41. The lowest BCUT2D eigenvalue weighted by Crippen LogP contribution is -2.04. The highest BCUT2D eigenvalue weighted by atomic mass is 35.5. The number of ketones is 1. The van der Waals surface area contributed by atoms with E-state index in [9.17, 15) is 18.0 Å². The number of Topliss-reactive ketones (excluding diaryl/α,β-unsaturated/α-hetero) is 1. The van der Waals surface area contributed by atoms with Gasteiger partial charge in [0.05, 0.1) is 0 Å². The van der Waals surface area contributed by atoms with Gasteiger partial charge in [0.1, 0.15) is 0 Å². The van der Waals surface area contributed by atoms with Crippen molar-refractivity contribution in [2.45, 2.75) is 12.8 Å². The Morgan fingerprint density at radius 3 is 2.30 bits per heavy atom. The van der Waals surface area contributed by atoms with E-state index in [1.807, 2.05) is 0 Å². The fourth-order valence-corrected chi connectivity index (χ4v) is 2.02. The van der Waals surface area contributed by atoms with Gasteiger partial charge in [-0.2, -0.15) is 0 Å². The van der Waals surface area contributed by atoms with Gasteiger partial charge >= 0.3 is 0 Å². The molecule has 1 nitrogen and oxygen atoms in total. The molecule has 0 amide bonds. The smallest absolute Gasteiger partial charge is 0.194 e. The number of carbonyl (C=O) groups is 1. The van der Waals surface area contributed by atoms with Crippen molar-refractivity contribution >= 4 is 17.4 Å². The summed E-state index contributed by atoms with van der Waals surface area (Å²) in [5.74, 6) is -4.76. The fourth-order valence-electron chi connectivity index (χ4n) is 1.81. The van der Waals surface area contributed by atoms with Crippen LogP contribution in [0, 0.1) is 17.5 Å². The molecule has 0 radical (unpaired) electrons. The van der Waals surface area contributed by atoms with E-state index in [-0.39, 0.29) is 12.0 Å². The van der Waals surface area contributed by atoms with Crippen molar-refractivity contribution in [2.24, 2.45) is 0 Å². The summed E-state index contributed by atoms with van der Waals surface area (Å²) in [5, 5.41) is 0.550. The standard InChI is InChI=1S/C15H10ClF3O/c16-11-3-1-2-9(6-11)4-5-14(20)10-7-12(17)15(19)13(18)8-10/h1-3,6-8H,4-5H2. The topological polar surface area (TPSA) is 17.1 Å². The zero-order valence-electron chi connectivity index (χ0n) is 10.3. The lowest BCUT2D eigenvalue weighted by molar-refractivity contribution is 0.0981. The summed E-state index contributed by atoms with van der Waals surface area (Å²) in [7, 11) is 0. The Bertz CT molecular complexity index is 632. The molecule has 0 aliphatic carbocycles. The molecule has 0 N–H and O–H groups in total. The van der Waals surface area contributed by atoms with Gasteiger partial charge in [-0.25, -0.2) is 13.2 Å². The molecule has 0 aliphatic heterocycles. The quantitative estimate of drug-likeness (QED) is 0.597. The third-order valence-corrected chi connectivity index (χ3v) is 3.07. The molecular weight excluding hydrogens is 289 g/mol. The molecule has 0 heterocycles. The van der Waals surface area contributed by atoms with Crippen LogP contribution in [0.15, 0.2) is 36.4 Å². The van der Waals surface area contributed by atoms with Crippen LogP contribution in [-0.4, -0.2) is 5.78 Å². The molecule has 0 fully saturated rings.